The lowest BCUT2D eigenvalue weighted by molar-refractivity contribution is -0.141. The number of likely N-dealkylation sites (tertiary alicyclic amines) is 2. The number of nitrogens with zero attached hydrogens (tertiary/aromatic N) is 3. The molecule has 12 heteroatoms. The van der Waals surface area contributed by atoms with Crippen LogP contribution in [-0.2, 0) is 18.9 Å². The Balaban J connectivity index is 1.03. The summed E-state index contributed by atoms with van der Waals surface area (Å²) in [6, 6.07) is 5.74. The highest BCUT2D eigenvalue weighted by Crippen LogP contribution is 2.56. The van der Waals surface area contributed by atoms with E-state index in [2.05, 4.69) is 10.3 Å². The summed E-state index contributed by atoms with van der Waals surface area (Å²) in [5, 5.41) is 3.26. The molecule has 2 aromatic rings. The molecule has 2 amide bonds. The highest BCUT2D eigenvalue weighted by Gasteiger charge is 2.55. The average molecular weight is 533 g/mol. The number of rotatable bonds is 4. The van der Waals surface area contributed by atoms with Gasteiger partial charge in [-0.25, -0.2) is 4.79 Å². The Hall–Kier alpha value is -2.53. The van der Waals surface area contributed by atoms with Crippen LogP contribution in [0, 0.1) is 5.41 Å². The van der Waals surface area contributed by atoms with Gasteiger partial charge in [-0.2, -0.15) is 26.3 Å². The SMILES string of the molecule is O=C(N1CC(NCc2ccc(C(F)(F)F)cc2Cl)C1)N1CC2(CC(c3ccc(C(F)(F)F)nc3)C2)C1. The van der Waals surface area contributed by atoms with Crippen molar-refractivity contribution < 1.29 is 31.1 Å². The molecule has 5 rings (SSSR count). The van der Waals surface area contributed by atoms with E-state index in [-0.39, 0.29) is 28.4 Å². The number of hydrogen-bond donors (Lipinski definition) is 1. The topological polar surface area (TPSA) is 48.5 Å². The number of benzene rings is 1. The fraction of sp³-hybridized carbons (Fsp3) is 0.500. The van der Waals surface area contributed by atoms with Crippen molar-refractivity contribution in [2.75, 3.05) is 26.2 Å². The van der Waals surface area contributed by atoms with Crippen molar-refractivity contribution >= 4 is 17.6 Å². The molecule has 3 aliphatic rings. The number of amides is 2. The van der Waals surface area contributed by atoms with E-state index in [1.165, 1.54) is 18.3 Å². The largest absolute Gasteiger partial charge is 0.433 e. The number of hydrogen-bond acceptors (Lipinski definition) is 3. The van der Waals surface area contributed by atoms with Crippen LogP contribution in [-0.4, -0.2) is 53.0 Å². The molecular weight excluding hydrogens is 510 g/mol. The summed E-state index contributed by atoms with van der Waals surface area (Å²) >= 11 is 5.99. The van der Waals surface area contributed by atoms with Gasteiger partial charge in [0, 0.05) is 55.4 Å². The monoisotopic (exact) mass is 532 g/mol. The maximum atomic E-state index is 12.8. The lowest BCUT2D eigenvalue weighted by Gasteiger charge is -2.60. The summed E-state index contributed by atoms with van der Waals surface area (Å²) in [7, 11) is 0. The van der Waals surface area contributed by atoms with Crippen LogP contribution in [0.15, 0.2) is 36.5 Å². The van der Waals surface area contributed by atoms with Crippen LogP contribution in [0.2, 0.25) is 5.02 Å². The van der Waals surface area contributed by atoms with Gasteiger partial charge in [-0.3, -0.25) is 4.98 Å². The minimum Gasteiger partial charge on any atom is -0.323 e. The Morgan fingerprint density at radius 1 is 1.03 bits per heavy atom. The zero-order valence-corrected chi connectivity index (χ0v) is 19.7. The van der Waals surface area contributed by atoms with Crippen molar-refractivity contribution in [2.45, 2.75) is 43.7 Å². The highest BCUT2D eigenvalue weighted by molar-refractivity contribution is 6.31. The van der Waals surface area contributed by atoms with Crippen molar-refractivity contribution in [3.8, 4) is 0 Å². The molecule has 1 spiro atoms. The molecule has 3 heterocycles. The maximum absolute atomic E-state index is 12.8. The van der Waals surface area contributed by atoms with Crippen LogP contribution in [0.3, 0.4) is 0 Å². The molecule has 3 fully saturated rings. The fourth-order valence-corrected chi connectivity index (χ4v) is 5.53. The summed E-state index contributed by atoms with van der Waals surface area (Å²) in [4.78, 5) is 19.7. The second-order valence-electron chi connectivity index (χ2n) is 10.0. The van der Waals surface area contributed by atoms with Crippen molar-refractivity contribution in [1.82, 2.24) is 20.1 Å². The normalized spacial score (nSPS) is 20.2. The molecule has 1 saturated carbocycles. The molecule has 2 aliphatic heterocycles. The standard InChI is InChI=1S/C24H23ClF6N4O/c25-19-5-17(23(26,27)28)3-1-15(19)9-32-18-10-34(11-18)21(36)35-12-22(13-35)6-16(7-22)14-2-4-20(33-8-14)24(29,30)31/h1-5,8,16,18,32H,6-7,9-13H2. The van der Waals surface area contributed by atoms with Crippen LogP contribution in [0.5, 0.6) is 0 Å². The van der Waals surface area contributed by atoms with Crippen LogP contribution in [0.1, 0.15) is 41.1 Å². The number of pyridine rings is 1. The van der Waals surface area contributed by atoms with Crippen LogP contribution in [0.4, 0.5) is 31.1 Å². The first-order valence-corrected chi connectivity index (χ1v) is 11.9. The predicted molar refractivity (Wildman–Crippen MR) is 119 cm³/mol. The third kappa shape index (κ3) is 4.87. The molecule has 1 aliphatic carbocycles. The number of nitrogens with one attached hydrogen (secondary N) is 1. The first kappa shape index (κ1) is 25.1. The number of carbonyl (C=O) groups is 1. The molecule has 2 saturated heterocycles. The molecule has 1 N–H and O–H groups in total. The molecule has 0 radical (unpaired) electrons. The number of urea groups is 1. The lowest BCUT2D eigenvalue weighted by atomic mass is 9.56. The molecule has 0 bridgehead atoms. The van der Waals surface area contributed by atoms with E-state index < -0.39 is 23.6 Å². The van der Waals surface area contributed by atoms with E-state index in [4.69, 9.17) is 11.6 Å². The van der Waals surface area contributed by atoms with E-state index in [0.717, 1.165) is 36.6 Å². The van der Waals surface area contributed by atoms with Gasteiger partial charge in [0.15, 0.2) is 0 Å². The zero-order valence-electron chi connectivity index (χ0n) is 19.0. The zero-order chi connectivity index (χ0) is 25.9. The van der Waals surface area contributed by atoms with Gasteiger partial charge in [-0.1, -0.05) is 23.7 Å². The molecule has 194 valence electrons. The number of aromatic nitrogens is 1. The Morgan fingerprint density at radius 2 is 1.72 bits per heavy atom. The minimum atomic E-state index is -4.45. The van der Waals surface area contributed by atoms with E-state index in [0.29, 0.717) is 38.3 Å². The Labute approximate surface area is 208 Å². The molecular formula is C24H23ClF6N4O. The second kappa shape index (κ2) is 8.79. The minimum absolute atomic E-state index is 0.0304. The van der Waals surface area contributed by atoms with E-state index in [1.54, 1.807) is 9.80 Å². The summed E-state index contributed by atoms with van der Waals surface area (Å²) in [5.41, 5.74) is -0.307. The summed E-state index contributed by atoms with van der Waals surface area (Å²) < 4.78 is 76.3. The summed E-state index contributed by atoms with van der Waals surface area (Å²) in [5.74, 6) is 0.159. The van der Waals surface area contributed by atoms with Gasteiger partial charge in [0.2, 0.25) is 0 Å². The first-order valence-electron chi connectivity index (χ1n) is 11.5. The third-order valence-electron chi connectivity index (χ3n) is 7.34. The van der Waals surface area contributed by atoms with E-state index in [1.807, 2.05) is 0 Å². The Kier molecular flexibility index (Phi) is 6.14. The molecule has 36 heavy (non-hydrogen) atoms. The highest BCUT2D eigenvalue weighted by atomic mass is 35.5. The van der Waals surface area contributed by atoms with Crippen LogP contribution < -0.4 is 5.32 Å². The van der Waals surface area contributed by atoms with Gasteiger partial charge in [0.1, 0.15) is 5.69 Å². The number of halogens is 7. The second-order valence-corrected chi connectivity index (χ2v) is 10.4. The third-order valence-corrected chi connectivity index (χ3v) is 7.70. The summed E-state index contributed by atoms with van der Waals surface area (Å²) in [6.07, 6.45) is -5.95. The van der Waals surface area contributed by atoms with Gasteiger partial charge in [-0.05, 0) is 48.1 Å². The van der Waals surface area contributed by atoms with Gasteiger partial charge in [0.25, 0.3) is 0 Å². The predicted octanol–water partition coefficient (Wildman–Crippen LogP) is 5.55. The van der Waals surface area contributed by atoms with Crippen molar-refractivity contribution in [1.29, 1.82) is 0 Å². The van der Waals surface area contributed by atoms with Crippen molar-refractivity contribution in [2.24, 2.45) is 5.41 Å². The quantitative estimate of drug-likeness (QED) is 0.526. The molecule has 5 nitrogen and oxygen atoms in total. The average Bonchev–Trinajstić information content (AvgIpc) is 2.70. The molecule has 0 unspecified atom stereocenters. The van der Waals surface area contributed by atoms with E-state index >= 15 is 0 Å². The smallest absolute Gasteiger partial charge is 0.323 e. The number of carbonyl (C=O) groups excluding carboxylic acids is 1. The van der Waals surface area contributed by atoms with Crippen molar-refractivity contribution in [3.05, 3.63) is 63.9 Å². The summed E-state index contributed by atoms with van der Waals surface area (Å²) in [6.45, 7) is 2.57. The molecule has 0 atom stereocenters. The maximum Gasteiger partial charge on any atom is 0.433 e. The van der Waals surface area contributed by atoms with Gasteiger partial charge < -0.3 is 15.1 Å². The first-order chi connectivity index (χ1) is 16.8. The Bertz CT molecular complexity index is 1130. The number of alkyl halides is 6. The van der Waals surface area contributed by atoms with Gasteiger partial charge >= 0.3 is 18.4 Å². The van der Waals surface area contributed by atoms with Crippen LogP contribution in [0.25, 0.3) is 0 Å². The van der Waals surface area contributed by atoms with Gasteiger partial charge in [0.05, 0.1) is 5.56 Å². The molecule has 1 aromatic heterocycles. The fourth-order valence-electron chi connectivity index (χ4n) is 5.28. The van der Waals surface area contributed by atoms with Crippen LogP contribution >= 0.6 is 11.6 Å². The molecule has 1 aromatic carbocycles. The van der Waals surface area contributed by atoms with Gasteiger partial charge in [-0.15, -0.1) is 0 Å². The lowest BCUT2D eigenvalue weighted by Crippen LogP contribution is -2.69. The Morgan fingerprint density at radius 3 is 2.28 bits per heavy atom. The van der Waals surface area contributed by atoms with E-state index in [9.17, 15) is 31.1 Å². The van der Waals surface area contributed by atoms with Crippen molar-refractivity contribution in [3.63, 3.8) is 0 Å².